The zero-order valence-corrected chi connectivity index (χ0v) is 15.1. The number of nitrogens with zero attached hydrogens (tertiary/aromatic N) is 1. The lowest BCUT2D eigenvalue weighted by Crippen LogP contribution is -2.53. The number of hydrogen-bond donors (Lipinski definition) is 0. The van der Waals surface area contributed by atoms with Crippen molar-refractivity contribution in [1.29, 1.82) is 0 Å². The molecule has 4 rings (SSSR count). The van der Waals surface area contributed by atoms with Gasteiger partial charge in [-0.25, -0.2) is 0 Å². The number of methoxy groups -OCH3 is 1. The van der Waals surface area contributed by atoms with Crippen molar-refractivity contribution >= 4 is 17.2 Å². The molecule has 2 aromatic carbocycles. The summed E-state index contributed by atoms with van der Waals surface area (Å²) < 4.78 is 11.4. The second kappa shape index (κ2) is 7.20. The van der Waals surface area contributed by atoms with Gasteiger partial charge in [-0.2, -0.15) is 0 Å². The first-order valence-corrected chi connectivity index (χ1v) is 9.05. The Morgan fingerprint density at radius 3 is 2.72 bits per heavy atom. The zero-order chi connectivity index (χ0) is 17.2. The molecule has 0 radical (unpaired) electrons. The molecule has 130 valence electrons. The molecule has 0 saturated carbocycles. The van der Waals surface area contributed by atoms with Gasteiger partial charge >= 0.3 is 0 Å². The minimum absolute atomic E-state index is 0.267. The van der Waals surface area contributed by atoms with Crippen LogP contribution < -0.4 is 4.74 Å². The molecule has 2 unspecified atom stereocenters. The topological polar surface area (TPSA) is 21.7 Å². The fourth-order valence-corrected chi connectivity index (χ4v) is 4.16. The van der Waals surface area contributed by atoms with Crippen molar-refractivity contribution in [1.82, 2.24) is 4.90 Å². The van der Waals surface area contributed by atoms with Gasteiger partial charge in [0.1, 0.15) is 5.75 Å². The summed E-state index contributed by atoms with van der Waals surface area (Å²) in [5, 5.41) is 0.751. The van der Waals surface area contributed by atoms with Gasteiger partial charge in [0.05, 0.1) is 31.4 Å². The Balaban J connectivity index is 1.66. The van der Waals surface area contributed by atoms with Gasteiger partial charge in [0.2, 0.25) is 0 Å². The van der Waals surface area contributed by atoms with Crippen LogP contribution in [0.5, 0.6) is 5.75 Å². The number of benzene rings is 2. The Morgan fingerprint density at radius 2 is 1.96 bits per heavy atom. The Morgan fingerprint density at radius 1 is 1.12 bits per heavy atom. The van der Waals surface area contributed by atoms with Crippen LogP contribution in [0, 0.1) is 0 Å². The van der Waals surface area contributed by atoms with Crippen LogP contribution in [0.1, 0.15) is 17.5 Å². The second-order valence-electron chi connectivity index (χ2n) is 6.63. The van der Waals surface area contributed by atoms with Gasteiger partial charge in [0.15, 0.2) is 0 Å². The van der Waals surface area contributed by atoms with E-state index in [4.69, 9.17) is 21.1 Å². The highest BCUT2D eigenvalue weighted by atomic mass is 35.5. The molecule has 4 heteroatoms. The van der Waals surface area contributed by atoms with Crippen molar-refractivity contribution < 1.29 is 9.47 Å². The van der Waals surface area contributed by atoms with Crippen LogP contribution in [0.2, 0.25) is 5.02 Å². The molecule has 2 aromatic rings. The summed E-state index contributed by atoms with van der Waals surface area (Å²) in [7, 11) is 1.70. The SMILES string of the molecule is COc1cccc(Cl)c1C1=CC2COCC(C1)N2Cc1ccccc1. The van der Waals surface area contributed by atoms with E-state index in [2.05, 4.69) is 41.3 Å². The third-order valence-electron chi connectivity index (χ3n) is 5.07. The third-order valence-corrected chi connectivity index (χ3v) is 5.38. The molecule has 3 nitrogen and oxygen atoms in total. The van der Waals surface area contributed by atoms with E-state index in [9.17, 15) is 0 Å². The monoisotopic (exact) mass is 355 g/mol. The molecular formula is C21H22ClNO2. The Hall–Kier alpha value is -1.81. The van der Waals surface area contributed by atoms with Crippen LogP contribution >= 0.6 is 11.6 Å². The highest BCUT2D eigenvalue weighted by Gasteiger charge is 2.35. The predicted molar refractivity (Wildman–Crippen MR) is 101 cm³/mol. The first kappa shape index (κ1) is 16.6. The van der Waals surface area contributed by atoms with E-state index in [1.807, 2.05) is 18.2 Å². The number of fused-ring (bicyclic) bond motifs is 2. The van der Waals surface area contributed by atoms with E-state index in [0.717, 1.165) is 42.5 Å². The summed E-state index contributed by atoms with van der Waals surface area (Å²) >= 11 is 6.50. The normalized spacial score (nSPS) is 23.2. The number of rotatable bonds is 4. The van der Waals surface area contributed by atoms with Gasteiger partial charge in [0.25, 0.3) is 0 Å². The Kier molecular flexibility index (Phi) is 4.80. The molecule has 2 heterocycles. The number of ether oxygens (including phenoxy) is 2. The molecule has 1 saturated heterocycles. The fraction of sp³-hybridized carbons (Fsp3) is 0.333. The molecule has 25 heavy (non-hydrogen) atoms. The maximum Gasteiger partial charge on any atom is 0.127 e. The zero-order valence-electron chi connectivity index (χ0n) is 14.3. The lowest BCUT2D eigenvalue weighted by Gasteiger charge is -2.45. The van der Waals surface area contributed by atoms with Crippen LogP contribution in [0.15, 0.2) is 54.6 Å². The number of morpholine rings is 1. The first-order chi connectivity index (χ1) is 12.3. The molecular weight excluding hydrogens is 334 g/mol. The molecule has 2 atom stereocenters. The second-order valence-corrected chi connectivity index (χ2v) is 7.04. The van der Waals surface area contributed by atoms with Crippen molar-refractivity contribution in [2.24, 2.45) is 0 Å². The minimum Gasteiger partial charge on any atom is -0.496 e. The molecule has 2 aliphatic heterocycles. The first-order valence-electron chi connectivity index (χ1n) is 8.67. The van der Waals surface area contributed by atoms with E-state index in [1.54, 1.807) is 7.11 Å². The molecule has 1 fully saturated rings. The standard InChI is InChI=1S/C21H22ClNO2/c1-24-20-9-5-8-19(22)21(20)16-10-17-13-25-14-18(11-16)23(17)12-15-6-3-2-4-7-15/h2-10,17-18H,11-14H2,1H3. The highest BCUT2D eigenvalue weighted by molar-refractivity contribution is 6.32. The summed E-state index contributed by atoms with van der Waals surface area (Å²) in [6.45, 7) is 2.43. The van der Waals surface area contributed by atoms with E-state index in [-0.39, 0.29) is 6.04 Å². The van der Waals surface area contributed by atoms with Crippen molar-refractivity contribution in [2.75, 3.05) is 20.3 Å². The smallest absolute Gasteiger partial charge is 0.127 e. The minimum atomic E-state index is 0.267. The number of halogens is 1. The average molecular weight is 356 g/mol. The van der Waals surface area contributed by atoms with E-state index < -0.39 is 0 Å². The lowest BCUT2D eigenvalue weighted by molar-refractivity contribution is -0.0403. The van der Waals surface area contributed by atoms with Crippen LogP contribution in [0.3, 0.4) is 0 Å². The van der Waals surface area contributed by atoms with Gasteiger partial charge in [-0.05, 0) is 29.7 Å². The highest BCUT2D eigenvalue weighted by Crippen LogP contribution is 2.40. The summed E-state index contributed by atoms with van der Waals surface area (Å²) in [6.07, 6.45) is 3.23. The van der Waals surface area contributed by atoms with Gasteiger partial charge in [0, 0.05) is 18.2 Å². The van der Waals surface area contributed by atoms with Crippen molar-refractivity contribution in [3.63, 3.8) is 0 Å². The third kappa shape index (κ3) is 3.32. The van der Waals surface area contributed by atoms with Crippen molar-refractivity contribution in [2.45, 2.75) is 25.0 Å². The summed E-state index contributed by atoms with van der Waals surface area (Å²) in [4.78, 5) is 2.55. The molecule has 2 bridgehead atoms. The van der Waals surface area contributed by atoms with Gasteiger partial charge < -0.3 is 9.47 Å². The van der Waals surface area contributed by atoms with Gasteiger partial charge in [-0.3, -0.25) is 4.90 Å². The summed E-state index contributed by atoms with van der Waals surface area (Å²) in [6, 6.07) is 17.1. The lowest BCUT2D eigenvalue weighted by atomic mass is 9.89. The summed E-state index contributed by atoms with van der Waals surface area (Å²) in [5.74, 6) is 0.842. The largest absolute Gasteiger partial charge is 0.496 e. The van der Waals surface area contributed by atoms with E-state index in [0.29, 0.717) is 6.04 Å². The molecule has 0 spiro atoms. The van der Waals surface area contributed by atoms with Crippen LogP contribution in [-0.2, 0) is 11.3 Å². The summed E-state index contributed by atoms with van der Waals surface area (Å²) in [5.41, 5.74) is 3.64. The Bertz CT molecular complexity index is 775. The number of hydrogen-bond acceptors (Lipinski definition) is 3. The van der Waals surface area contributed by atoms with Crippen molar-refractivity contribution in [3.05, 3.63) is 70.8 Å². The molecule has 0 aromatic heterocycles. The Labute approximate surface area is 153 Å². The van der Waals surface area contributed by atoms with E-state index >= 15 is 0 Å². The van der Waals surface area contributed by atoms with Crippen LogP contribution in [-0.4, -0.2) is 37.3 Å². The van der Waals surface area contributed by atoms with Crippen molar-refractivity contribution in [3.8, 4) is 5.75 Å². The van der Waals surface area contributed by atoms with Gasteiger partial charge in [-0.15, -0.1) is 0 Å². The van der Waals surface area contributed by atoms with Crippen LogP contribution in [0.25, 0.3) is 5.57 Å². The fourth-order valence-electron chi connectivity index (χ4n) is 3.87. The average Bonchev–Trinajstić information content (AvgIpc) is 2.62. The molecule has 0 N–H and O–H groups in total. The maximum absolute atomic E-state index is 6.50. The molecule has 0 aliphatic carbocycles. The van der Waals surface area contributed by atoms with Crippen LogP contribution in [0.4, 0.5) is 0 Å². The predicted octanol–water partition coefficient (Wildman–Crippen LogP) is 4.41. The van der Waals surface area contributed by atoms with Gasteiger partial charge in [-0.1, -0.05) is 54.1 Å². The molecule has 2 aliphatic rings. The quantitative estimate of drug-likeness (QED) is 0.811. The maximum atomic E-state index is 6.50. The molecule has 0 amide bonds. The van der Waals surface area contributed by atoms with E-state index in [1.165, 1.54) is 11.1 Å².